The van der Waals surface area contributed by atoms with Crippen molar-refractivity contribution in [1.82, 2.24) is 0 Å². The van der Waals surface area contributed by atoms with Gasteiger partial charge in [0.05, 0.1) is 5.41 Å². The summed E-state index contributed by atoms with van der Waals surface area (Å²) in [6.07, 6.45) is 3.88. The molecule has 0 amide bonds. The molecule has 0 spiro atoms. The summed E-state index contributed by atoms with van der Waals surface area (Å²) in [4.78, 5) is 11.4. The molecule has 0 saturated heterocycles. The van der Waals surface area contributed by atoms with Crippen molar-refractivity contribution in [2.45, 2.75) is 44.9 Å². The Morgan fingerprint density at radius 2 is 1.78 bits per heavy atom. The Kier molecular flexibility index (Phi) is 11.6. The van der Waals surface area contributed by atoms with Gasteiger partial charge >= 0.3 is 54.4 Å². The third-order valence-electron chi connectivity index (χ3n) is 3.16. The van der Waals surface area contributed by atoms with E-state index in [2.05, 4.69) is 6.92 Å². The van der Waals surface area contributed by atoms with Crippen LogP contribution in [0.25, 0.3) is 0 Å². The summed E-state index contributed by atoms with van der Waals surface area (Å²) >= 11 is 0. The van der Waals surface area contributed by atoms with Crippen LogP contribution in [0.15, 0.2) is 30.3 Å². The summed E-state index contributed by atoms with van der Waals surface area (Å²) in [6.45, 7) is 3.95. The standard InChI is InChI=1S/C14H20O2.Li.Na.2H/c1-3-4-8-11-14(2,13(15)16)12-9-6-5-7-10-12;;;;/h5-7,9-10H,3-4,8,11H2,1-2H3,(H,15,16);;;;. The molecule has 1 rings (SSSR count). The first-order valence-corrected chi connectivity index (χ1v) is 5.90. The van der Waals surface area contributed by atoms with E-state index in [-0.39, 0.29) is 48.4 Å². The summed E-state index contributed by atoms with van der Waals surface area (Å²) in [5.74, 6) is -0.727. The molecule has 0 saturated carbocycles. The van der Waals surface area contributed by atoms with Gasteiger partial charge in [0.1, 0.15) is 0 Å². The number of hydrogen-bond acceptors (Lipinski definition) is 1. The molecule has 1 unspecified atom stereocenters. The first-order valence-electron chi connectivity index (χ1n) is 5.90. The van der Waals surface area contributed by atoms with Crippen LogP contribution in [0, 0.1) is 0 Å². The molecule has 1 N–H and O–H groups in total. The molecule has 0 aromatic heterocycles. The minimum absolute atomic E-state index is 0. The Hall–Kier alpha value is 0.287. The van der Waals surface area contributed by atoms with Crippen LogP contribution in [0.4, 0.5) is 0 Å². The van der Waals surface area contributed by atoms with E-state index in [9.17, 15) is 9.90 Å². The molecule has 4 heteroatoms. The molecule has 0 heterocycles. The van der Waals surface area contributed by atoms with E-state index in [1.54, 1.807) is 0 Å². The molecule has 1 aromatic rings. The number of rotatable bonds is 6. The van der Waals surface area contributed by atoms with Crippen LogP contribution in [0.5, 0.6) is 0 Å². The van der Waals surface area contributed by atoms with E-state index >= 15 is 0 Å². The van der Waals surface area contributed by atoms with E-state index in [0.29, 0.717) is 6.42 Å². The van der Waals surface area contributed by atoms with Crippen LogP contribution in [0.3, 0.4) is 0 Å². The van der Waals surface area contributed by atoms with Crippen molar-refractivity contribution in [2.75, 3.05) is 0 Å². The average Bonchev–Trinajstić information content (AvgIpc) is 2.30. The van der Waals surface area contributed by atoms with E-state index in [1.165, 1.54) is 0 Å². The third kappa shape index (κ3) is 5.51. The Morgan fingerprint density at radius 1 is 1.22 bits per heavy atom. The predicted octanol–water partition coefficient (Wildman–Crippen LogP) is 2.31. The van der Waals surface area contributed by atoms with Crippen molar-refractivity contribution in [3.05, 3.63) is 35.9 Å². The summed E-state index contributed by atoms with van der Waals surface area (Å²) in [5.41, 5.74) is 0.162. The molecular formula is C14H22LiNaO2. The monoisotopic (exact) mass is 252 g/mol. The van der Waals surface area contributed by atoms with Gasteiger partial charge in [-0.05, 0) is 18.9 Å². The molecule has 0 aliphatic rings. The van der Waals surface area contributed by atoms with Crippen LogP contribution in [0.2, 0.25) is 0 Å². The molecule has 2 nitrogen and oxygen atoms in total. The van der Waals surface area contributed by atoms with Crippen molar-refractivity contribution in [3.8, 4) is 0 Å². The second-order valence-corrected chi connectivity index (χ2v) is 4.46. The predicted molar refractivity (Wildman–Crippen MR) is 79.9 cm³/mol. The second-order valence-electron chi connectivity index (χ2n) is 4.46. The SMILES string of the molecule is CCCCCC(C)(C(=O)O)c1ccccc1.[LiH].[NaH]. The van der Waals surface area contributed by atoms with Gasteiger partial charge in [0.2, 0.25) is 0 Å². The fourth-order valence-corrected chi connectivity index (χ4v) is 1.91. The summed E-state index contributed by atoms with van der Waals surface area (Å²) < 4.78 is 0. The Labute approximate surface area is 144 Å². The van der Waals surface area contributed by atoms with Crippen LogP contribution < -0.4 is 0 Å². The van der Waals surface area contributed by atoms with Crippen molar-refractivity contribution < 1.29 is 9.90 Å². The quantitative estimate of drug-likeness (QED) is 0.623. The second kappa shape index (κ2) is 10.1. The topological polar surface area (TPSA) is 37.3 Å². The van der Waals surface area contributed by atoms with Gasteiger partial charge in [-0.25, -0.2) is 0 Å². The molecule has 1 aromatic carbocycles. The molecule has 0 fully saturated rings. The summed E-state index contributed by atoms with van der Waals surface area (Å²) in [7, 11) is 0. The van der Waals surface area contributed by atoms with Gasteiger partial charge in [-0.3, -0.25) is 4.79 Å². The van der Waals surface area contributed by atoms with Gasteiger partial charge in [0.15, 0.2) is 0 Å². The van der Waals surface area contributed by atoms with Crippen LogP contribution >= 0.6 is 0 Å². The van der Waals surface area contributed by atoms with Crippen LogP contribution in [0.1, 0.15) is 45.1 Å². The molecule has 0 aliphatic carbocycles. The Morgan fingerprint density at radius 3 is 2.22 bits per heavy atom. The zero-order valence-corrected chi connectivity index (χ0v) is 10.1. The Bertz CT molecular complexity index is 343. The van der Waals surface area contributed by atoms with Gasteiger partial charge in [0.25, 0.3) is 0 Å². The first kappa shape index (κ1) is 20.6. The number of unbranched alkanes of at least 4 members (excludes halogenated alkanes) is 2. The first-order chi connectivity index (χ1) is 7.61. The van der Waals surface area contributed by atoms with E-state index in [0.717, 1.165) is 24.8 Å². The summed E-state index contributed by atoms with van der Waals surface area (Å²) in [5, 5.41) is 9.39. The minimum atomic E-state index is -0.740. The number of carbonyl (C=O) groups is 1. The number of benzene rings is 1. The molecule has 0 aliphatic heterocycles. The van der Waals surface area contributed by atoms with Crippen LogP contribution in [-0.4, -0.2) is 59.5 Å². The van der Waals surface area contributed by atoms with Crippen molar-refractivity contribution in [3.63, 3.8) is 0 Å². The summed E-state index contributed by atoms with van der Waals surface area (Å²) in [6, 6.07) is 9.52. The zero-order chi connectivity index (χ0) is 12.0. The van der Waals surface area contributed by atoms with E-state index in [4.69, 9.17) is 0 Å². The number of carboxylic acid groups (broad SMARTS) is 1. The number of carboxylic acids is 1. The van der Waals surface area contributed by atoms with Crippen molar-refractivity contribution in [1.29, 1.82) is 0 Å². The molecule has 0 bridgehead atoms. The van der Waals surface area contributed by atoms with Gasteiger partial charge in [-0.1, -0.05) is 56.5 Å². The third-order valence-corrected chi connectivity index (χ3v) is 3.16. The maximum absolute atomic E-state index is 11.4. The fraction of sp³-hybridized carbons (Fsp3) is 0.500. The number of hydrogen-bond donors (Lipinski definition) is 1. The Balaban J connectivity index is 0. The zero-order valence-electron chi connectivity index (χ0n) is 10.1. The van der Waals surface area contributed by atoms with E-state index in [1.807, 2.05) is 37.3 Å². The van der Waals surface area contributed by atoms with E-state index < -0.39 is 11.4 Å². The van der Waals surface area contributed by atoms with Crippen molar-refractivity contribution in [2.24, 2.45) is 0 Å². The molecule has 1 atom stereocenters. The van der Waals surface area contributed by atoms with Crippen molar-refractivity contribution >= 4 is 54.4 Å². The normalized spacial score (nSPS) is 12.8. The molecular weight excluding hydrogens is 230 g/mol. The van der Waals surface area contributed by atoms with Crippen LogP contribution in [-0.2, 0) is 10.2 Å². The average molecular weight is 252 g/mol. The molecule has 92 valence electrons. The van der Waals surface area contributed by atoms with Gasteiger partial charge in [-0.15, -0.1) is 0 Å². The van der Waals surface area contributed by atoms with Gasteiger partial charge in [0, 0.05) is 0 Å². The van der Waals surface area contributed by atoms with Gasteiger partial charge < -0.3 is 5.11 Å². The molecule has 0 radical (unpaired) electrons. The number of aliphatic carboxylic acids is 1. The van der Waals surface area contributed by atoms with Gasteiger partial charge in [-0.2, -0.15) is 0 Å². The molecule has 18 heavy (non-hydrogen) atoms. The fourth-order valence-electron chi connectivity index (χ4n) is 1.91. The maximum atomic E-state index is 11.4.